The second-order valence-electron chi connectivity index (χ2n) is 3.14. The van der Waals surface area contributed by atoms with E-state index < -0.39 is 6.04 Å². The first-order chi connectivity index (χ1) is 7.27. The van der Waals surface area contributed by atoms with Gasteiger partial charge < -0.3 is 4.74 Å². The van der Waals surface area contributed by atoms with Gasteiger partial charge in [0.05, 0.1) is 6.61 Å². The molecule has 0 aliphatic carbocycles. The fourth-order valence-corrected chi connectivity index (χ4v) is 1.30. The lowest BCUT2D eigenvalue weighted by atomic mass is 10.1. The summed E-state index contributed by atoms with van der Waals surface area (Å²) in [6.45, 7) is 5.56. The van der Waals surface area contributed by atoms with Gasteiger partial charge in [-0.3, -0.25) is 4.99 Å². The highest BCUT2D eigenvalue weighted by molar-refractivity contribution is 5.77. The van der Waals surface area contributed by atoms with Crippen LogP contribution in [-0.2, 0) is 16.0 Å². The molecule has 3 nitrogen and oxygen atoms in total. The van der Waals surface area contributed by atoms with Gasteiger partial charge in [-0.25, -0.2) is 4.79 Å². The van der Waals surface area contributed by atoms with Gasteiger partial charge in [0, 0.05) is 6.42 Å². The number of esters is 1. The predicted octanol–water partition coefficient (Wildman–Crippen LogP) is 1.86. The Morgan fingerprint density at radius 2 is 2.13 bits per heavy atom. The van der Waals surface area contributed by atoms with E-state index in [2.05, 4.69) is 11.7 Å². The molecule has 0 aliphatic rings. The lowest BCUT2D eigenvalue weighted by Crippen LogP contribution is -2.23. The maximum absolute atomic E-state index is 11.4. The van der Waals surface area contributed by atoms with Crippen LogP contribution < -0.4 is 0 Å². The standard InChI is InChI=1S/C12H15NO2/c1-3-15-12(14)11(13-2)9-10-7-5-4-6-8-10/h4-8,11H,2-3,9H2,1H3. The van der Waals surface area contributed by atoms with E-state index in [0.717, 1.165) is 5.56 Å². The van der Waals surface area contributed by atoms with Crippen LogP contribution in [0.2, 0.25) is 0 Å². The first kappa shape index (κ1) is 11.4. The highest BCUT2D eigenvalue weighted by Gasteiger charge is 2.17. The number of carbonyl (C=O) groups excluding carboxylic acids is 1. The van der Waals surface area contributed by atoms with Crippen molar-refractivity contribution in [1.82, 2.24) is 0 Å². The first-order valence-electron chi connectivity index (χ1n) is 4.94. The van der Waals surface area contributed by atoms with Crippen molar-refractivity contribution in [1.29, 1.82) is 0 Å². The summed E-state index contributed by atoms with van der Waals surface area (Å²) in [6, 6.07) is 9.22. The van der Waals surface area contributed by atoms with E-state index in [1.165, 1.54) is 0 Å². The zero-order chi connectivity index (χ0) is 11.1. The monoisotopic (exact) mass is 205 g/mol. The molecule has 0 amide bonds. The van der Waals surface area contributed by atoms with Gasteiger partial charge in [-0.15, -0.1) is 0 Å². The Kier molecular flexibility index (Phi) is 4.54. The number of aliphatic imine (C=N–C) groups is 1. The number of rotatable bonds is 5. The average Bonchev–Trinajstić information content (AvgIpc) is 2.27. The number of nitrogens with zero attached hydrogens (tertiary/aromatic N) is 1. The van der Waals surface area contributed by atoms with E-state index in [0.29, 0.717) is 13.0 Å². The molecule has 80 valence electrons. The lowest BCUT2D eigenvalue weighted by molar-refractivity contribution is -0.144. The molecule has 15 heavy (non-hydrogen) atoms. The minimum atomic E-state index is -0.493. The van der Waals surface area contributed by atoms with Crippen LogP contribution in [0.4, 0.5) is 0 Å². The van der Waals surface area contributed by atoms with Crippen LogP contribution in [0.15, 0.2) is 35.3 Å². The minimum Gasteiger partial charge on any atom is -0.464 e. The quantitative estimate of drug-likeness (QED) is 0.543. The maximum Gasteiger partial charge on any atom is 0.331 e. The van der Waals surface area contributed by atoms with Crippen molar-refractivity contribution in [3.63, 3.8) is 0 Å². The van der Waals surface area contributed by atoms with Gasteiger partial charge in [0.15, 0.2) is 6.04 Å². The summed E-state index contributed by atoms with van der Waals surface area (Å²) in [7, 11) is 0. The summed E-state index contributed by atoms with van der Waals surface area (Å²) in [5.41, 5.74) is 1.06. The van der Waals surface area contributed by atoms with E-state index in [1.807, 2.05) is 30.3 Å². The Morgan fingerprint density at radius 3 is 2.67 bits per heavy atom. The van der Waals surface area contributed by atoms with Crippen molar-refractivity contribution in [3.8, 4) is 0 Å². The van der Waals surface area contributed by atoms with Crippen LogP contribution in [0, 0.1) is 0 Å². The molecule has 0 saturated carbocycles. The Labute approximate surface area is 89.8 Å². The average molecular weight is 205 g/mol. The number of hydrogen-bond donors (Lipinski definition) is 0. The topological polar surface area (TPSA) is 38.7 Å². The first-order valence-corrected chi connectivity index (χ1v) is 4.94. The van der Waals surface area contributed by atoms with Gasteiger partial charge in [-0.1, -0.05) is 30.3 Å². The highest BCUT2D eigenvalue weighted by atomic mass is 16.5. The Bertz CT molecular complexity index is 322. The smallest absolute Gasteiger partial charge is 0.331 e. The highest BCUT2D eigenvalue weighted by Crippen LogP contribution is 2.06. The molecule has 1 rings (SSSR count). The van der Waals surface area contributed by atoms with Crippen molar-refractivity contribution < 1.29 is 9.53 Å². The van der Waals surface area contributed by atoms with Crippen LogP contribution in [0.25, 0.3) is 0 Å². The van der Waals surface area contributed by atoms with Crippen molar-refractivity contribution in [3.05, 3.63) is 35.9 Å². The number of carbonyl (C=O) groups is 1. The van der Waals surface area contributed by atoms with Crippen LogP contribution in [0.5, 0.6) is 0 Å². The molecule has 0 spiro atoms. The zero-order valence-electron chi connectivity index (χ0n) is 8.85. The van der Waals surface area contributed by atoms with E-state index in [4.69, 9.17) is 4.74 Å². The van der Waals surface area contributed by atoms with Crippen LogP contribution >= 0.6 is 0 Å². The van der Waals surface area contributed by atoms with Crippen molar-refractivity contribution in [2.24, 2.45) is 4.99 Å². The fraction of sp³-hybridized carbons (Fsp3) is 0.333. The summed E-state index contributed by atoms with van der Waals surface area (Å²) in [4.78, 5) is 15.2. The number of benzene rings is 1. The van der Waals surface area contributed by atoms with Gasteiger partial charge in [0.1, 0.15) is 0 Å². The summed E-state index contributed by atoms with van der Waals surface area (Å²) < 4.78 is 4.89. The SMILES string of the molecule is C=NC(Cc1ccccc1)C(=O)OCC. The third-order valence-corrected chi connectivity index (χ3v) is 2.05. The Morgan fingerprint density at radius 1 is 1.47 bits per heavy atom. The van der Waals surface area contributed by atoms with Crippen molar-refractivity contribution in [2.45, 2.75) is 19.4 Å². The Balaban J connectivity index is 2.62. The summed E-state index contributed by atoms with van der Waals surface area (Å²) in [5.74, 6) is -0.309. The minimum absolute atomic E-state index is 0.309. The molecule has 1 atom stereocenters. The number of ether oxygens (including phenoxy) is 1. The molecule has 1 unspecified atom stereocenters. The van der Waals surface area contributed by atoms with E-state index in [1.54, 1.807) is 6.92 Å². The molecule has 0 fully saturated rings. The molecule has 1 aromatic rings. The summed E-state index contributed by atoms with van der Waals surface area (Å²) >= 11 is 0. The van der Waals surface area contributed by atoms with E-state index in [9.17, 15) is 4.79 Å². The summed E-state index contributed by atoms with van der Waals surface area (Å²) in [5, 5.41) is 0. The zero-order valence-corrected chi connectivity index (χ0v) is 8.85. The molecule has 3 heteroatoms. The predicted molar refractivity (Wildman–Crippen MR) is 60.1 cm³/mol. The maximum atomic E-state index is 11.4. The second kappa shape index (κ2) is 5.96. The molecule has 0 aliphatic heterocycles. The van der Waals surface area contributed by atoms with Crippen molar-refractivity contribution >= 4 is 12.7 Å². The molecule has 0 bridgehead atoms. The summed E-state index contributed by atoms with van der Waals surface area (Å²) in [6.07, 6.45) is 0.545. The molecule has 0 heterocycles. The normalized spacial score (nSPS) is 11.8. The molecule has 1 aromatic carbocycles. The molecular weight excluding hydrogens is 190 g/mol. The molecule has 0 N–H and O–H groups in total. The lowest BCUT2D eigenvalue weighted by Gasteiger charge is -2.10. The Hall–Kier alpha value is -1.64. The van der Waals surface area contributed by atoms with E-state index in [-0.39, 0.29) is 5.97 Å². The van der Waals surface area contributed by atoms with Gasteiger partial charge in [-0.05, 0) is 19.2 Å². The van der Waals surface area contributed by atoms with Crippen molar-refractivity contribution in [2.75, 3.05) is 6.61 Å². The fourth-order valence-electron chi connectivity index (χ4n) is 1.30. The molecular formula is C12H15NO2. The third kappa shape index (κ3) is 3.54. The van der Waals surface area contributed by atoms with Gasteiger partial charge in [0.2, 0.25) is 0 Å². The van der Waals surface area contributed by atoms with Gasteiger partial charge in [0.25, 0.3) is 0 Å². The van der Waals surface area contributed by atoms with E-state index >= 15 is 0 Å². The third-order valence-electron chi connectivity index (χ3n) is 2.05. The van der Waals surface area contributed by atoms with Crippen LogP contribution in [0.3, 0.4) is 0 Å². The van der Waals surface area contributed by atoms with Gasteiger partial charge >= 0.3 is 5.97 Å². The molecule has 0 saturated heterocycles. The van der Waals surface area contributed by atoms with Crippen LogP contribution in [-0.4, -0.2) is 25.3 Å². The largest absolute Gasteiger partial charge is 0.464 e. The molecule has 0 radical (unpaired) electrons. The second-order valence-corrected chi connectivity index (χ2v) is 3.14. The number of hydrogen-bond acceptors (Lipinski definition) is 3. The van der Waals surface area contributed by atoms with Crippen LogP contribution in [0.1, 0.15) is 12.5 Å². The van der Waals surface area contributed by atoms with Gasteiger partial charge in [-0.2, -0.15) is 0 Å². The molecule has 0 aromatic heterocycles.